The summed E-state index contributed by atoms with van der Waals surface area (Å²) in [7, 11) is 22.1. The van der Waals surface area contributed by atoms with Gasteiger partial charge in [0.2, 0.25) is 0 Å². The number of carbonyl (C=O) groups excluding carboxylic acids is 6. The van der Waals surface area contributed by atoms with Crippen LogP contribution < -0.4 is 0 Å². The standard InChI is InChI=1S/C18H20F3N3O.C15H13F6N3O.C15H16F3N3O2.C15H16F3N3O.2C14H14F3N3O/c1-23(2)17(25)13-9-7-12(8-10-13)15-11-16(18(19,20)21)22-24(15)14-5-3-4-6-14;1-23(2)13(25)10-5-3-9(4-6-10)11-7-12(15(19,20)21)22-24(11)8-14(16,17)18;1-20(2)14(23)11-5-3-10(4-6-11)12-9-13(15(16,17)18)19-21(12)7-8-22;1-4-21-13(15(16,17)18)9-12(19-21)10-5-7-11(8-6-10)14(22)20(2)3;1-19(2)13(21)10-6-4-9(5-7-10)11-8-12(14(15,16)17)18-20(11)3;1-19(2)13(21)10-6-4-9(5-7-10)11-8-12(14(15,16)17)20(3)18-11/h7-11,14H,3-6H2,1-2H3;3-7H,8H2,1-2H3;3-6,9,22H,7-8H2,1-2H3;5-9H,4H2,1-3H3;2*4-8H,1-3H3. The number of halogens is 21. The van der Waals surface area contributed by atoms with E-state index < -0.39 is 83.9 Å². The second kappa shape index (κ2) is 44.1. The first-order valence-electron chi connectivity index (χ1n) is 41.0. The zero-order chi connectivity index (χ0) is 102. The third-order valence-electron chi connectivity index (χ3n) is 20.2. The van der Waals surface area contributed by atoms with Crippen LogP contribution in [0.2, 0.25) is 0 Å². The summed E-state index contributed by atoms with van der Waals surface area (Å²) in [6.45, 7) is -0.305. The van der Waals surface area contributed by atoms with Gasteiger partial charge in [-0.25, -0.2) is 0 Å². The molecule has 1 N–H and O–H groups in total. The summed E-state index contributed by atoms with van der Waals surface area (Å²) in [5, 5.41) is 30.6. The van der Waals surface area contributed by atoms with Gasteiger partial charge in [-0.15, -0.1) is 0 Å². The van der Waals surface area contributed by atoms with Crippen LogP contribution in [0.3, 0.4) is 0 Å². The zero-order valence-electron chi connectivity index (χ0n) is 75.9. The number of aliphatic hydroxyl groups excluding tert-OH is 1. The van der Waals surface area contributed by atoms with Crippen molar-refractivity contribution in [3.8, 4) is 67.5 Å². The molecule has 6 amide bonds. The largest absolute Gasteiger partial charge is 0.435 e. The van der Waals surface area contributed by atoms with E-state index in [1.165, 1.54) is 91.2 Å². The number of nitrogens with zero attached hydrogens (tertiary/aromatic N) is 18. The average Bonchev–Trinajstić information content (AvgIpc) is 1.65. The number of aliphatic hydroxyl groups is 1. The summed E-state index contributed by atoms with van der Waals surface area (Å²) in [4.78, 5) is 79.3. The smallest absolute Gasteiger partial charge is 0.394 e. The first kappa shape index (κ1) is 108. The molecule has 46 heteroatoms. The lowest BCUT2D eigenvalue weighted by molar-refractivity contribution is -0.148. The van der Waals surface area contributed by atoms with E-state index in [0.717, 1.165) is 70.1 Å². The molecule has 0 radical (unpaired) electrons. The predicted molar refractivity (Wildman–Crippen MR) is 462 cm³/mol. The molecule has 1 saturated carbocycles. The SMILES string of the molecule is CCn1nc(-c2ccc(C(=O)N(C)C)cc2)cc1C(F)(F)F.CN(C)C(=O)c1ccc(-c2cc(C(F)(F)F)n(C)n2)cc1.CN(C)C(=O)c1ccc(-c2cc(C(F)(F)F)nn2C)cc1.CN(C)C(=O)c1ccc(-c2cc(C(F)(F)F)nn2C2CCCC2)cc1.CN(C)C(=O)c1ccc(-c2cc(C(F)(F)F)nn2CC(F)(F)F)cc1.CN(C)C(=O)c1ccc(-c2cc(C(F)(F)F)nn2CCO)cc1. The summed E-state index contributed by atoms with van der Waals surface area (Å²) in [5.41, 5.74) is 0.716. The summed E-state index contributed by atoms with van der Waals surface area (Å²) in [6, 6.07) is 42.6. The highest BCUT2D eigenvalue weighted by atomic mass is 19.4. The van der Waals surface area contributed by atoms with Crippen molar-refractivity contribution in [2.45, 2.75) is 102 Å². The van der Waals surface area contributed by atoms with Crippen molar-refractivity contribution in [1.29, 1.82) is 0 Å². The van der Waals surface area contributed by atoms with Gasteiger partial charge in [0, 0.05) is 150 Å². The van der Waals surface area contributed by atoms with Gasteiger partial charge in [-0.1, -0.05) is 85.6 Å². The van der Waals surface area contributed by atoms with E-state index in [0.29, 0.717) is 73.1 Å². The highest BCUT2D eigenvalue weighted by molar-refractivity contribution is 5.97. The lowest BCUT2D eigenvalue weighted by atomic mass is 10.1. The van der Waals surface area contributed by atoms with Crippen molar-refractivity contribution in [1.82, 2.24) is 88.1 Å². The van der Waals surface area contributed by atoms with E-state index in [-0.39, 0.29) is 99.8 Å². The second-order valence-electron chi connectivity index (χ2n) is 31.8. The number of alkyl halides is 21. The average molecular weight is 1950 g/mol. The van der Waals surface area contributed by atoms with Gasteiger partial charge in [-0.05, 0) is 151 Å². The fourth-order valence-corrected chi connectivity index (χ4v) is 13.3. The van der Waals surface area contributed by atoms with E-state index in [1.54, 1.807) is 199 Å². The third kappa shape index (κ3) is 28.7. The highest BCUT2D eigenvalue weighted by Gasteiger charge is 2.42. The number of benzene rings is 6. The van der Waals surface area contributed by atoms with Crippen LogP contribution in [0.5, 0.6) is 0 Å². The van der Waals surface area contributed by atoms with Gasteiger partial charge < -0.3 is 34.5 Å². The Bertz CT molecular complexity index is 6110. The number of carbonyl (C=O) groups is 6. The Kier molecular flexibility index (Phi) is 34.9. The van der Waals surface area contributed by atoms with Crippen molar-refractivity contribution in [3.05, 3.63) is 250 Å². The van der Waals surface area contributed by atoms with Crippen LogP contribution in [-0.4, -0.2) is 226 Å². The highest BCUT2D eigenvalue weighted by Crippen LogP contribution is 2.41. The van der Waals surface area contributed by atoms with Gasteiger partial charge in [0.25, 0.3) is 35.4 Å². The van der Waals surface area contributed by atoms with Crippen molar-refractivity contribution in [3.63, 3.8) is 0 Å². The number of amides is 6. The molecule has 6 heterocycles. The summed E-state index contributed by atoms with van der Waals surface area (Å²) >= 11 is 0. The molecule has 1 aliphatic carbocycles. The maximum Gasteiger partial charge on any atom is 0.435 e. The summed E-state index contributed by atoms with van der Waals surface area (Å²) < 4.78 is 275. The minimum Gasteiger partial charge on any atom is -0.394 e. The Morgan fingerprint density at radius 3 is 0.869 bits per heavy atom. The van der Waals surface area contributed by atoms with Crippen LogP contribution in [0, 0.1) is 0 Å². The number of aromatic nitrogens is 12. The van der Waals surface area contributed by atoms with Crippen LogP contribution in [-0.2, 0) is 70.8 Å². The number of aryl methyl sites for hydroxylation is 3. The maximum absolute atomic E-state index is 13.1. The summed E-state index contributed by atoms with van der Waals surface area (Å²) in [5.74, 6) is -1.18. The van der Waals surface area contributed by atoms with Crippen LogP contribution in [0.15, 0.2) is 182 Å². The van der Waals surface area contributed by atoms with Crippen molar-refractivity contribution in [2.75, 3.05) is 91.2 Å². The van der Waals surface area contributed by atoms with Crippen molar-refractivity contribution in [2.24, 2.45) is 14.1 Å². The molecule has 1 aliphatic rings. The number of rotatable bonds is 17. The third-order valence-corrected chi connectivity index (χ3v) is 20.2. The van der Waals surface area contributed by atoms with Crippen LogP contribution in [0.25, 0.3) is 67.5 Å². The normalized spacial score (nSPS) is 12.4. The van der Waals surface area contributed by atoms with E-state index >= 15 is 0 Å². The lowest BCUT2D eigenvalue weighted by Crippen LogP contribution is -2.21. The molecule has 0 atom stereocenters. The minimum atomic E-state index is -4.87. The van der Waals surface area contributed by atoms with E-state index in [4.69, 9.17) is 5.11 Å². The van der Waals surface area contributed by atoms with E-state index in [1.807, 2.05) is 0 Å². The quantitative estimate of drug-likeness (QED) is 0.0834. The Balaban J connectivity index is 0.000000202. The molecular formula is C91H93F21N18O7. The van der Waals surface area contributed by atoms with Gasteiger partial charge in [0.05, 0.1) is 53.4 Å². The molecule has 1 fully saturated rings. The molecule has 0 aliphatic heterocycles. The molecule has 736 valence electrons. The molecule has 6 aromatic carbocycles. The van der Waals surface area contributed by atoms with Gasteiger partial charge in [0.1, 0.15) is 17.9 Å². The summed E-state index contributed by atoms with van der Waals surface area (Å²) in [6.07, 6.45) is -28.3. The molecule has 6 aromatic heterocycles. The van der Waals surface area contributed by atoms with Gasteiger partial charge in [-0.2, -0.15) is 123 Å². The second-order valence-corrected chi connectivity index (χ2v) is 31.8. The molecular weight excluding hydrogens is 1860 g/mol. The molecule has 0 spiro atoms. The fourth-order valence-electron chi connectivity index (χ4n) is 13.3. The van der Waals surface area contributed by atoms with Gasteiger partial charge in [0.15, 0.2) is 22.8 Å². The molecule has 0 saturated heterocycles. The van der Waals surface area contributed by atoms with Crippen molar-refractivity contribution < 1.29 is 126 Å². The first-order valence-corrected chi connectivity index (χ1v) is 41.0. The topological polar surface area (TPSA) is 249 Å². The maximum atomic E-state index is 13.1. The predicted octanol–water partition coefficient (Wildman–Crippen LogP) is 19.4. The lowest BCUT2D eigenvalue weighted by Gasteiger charge is -2.15. The van der Waals surface area contributed by atoms with Crippen molar-refractivity contribution >= 4 is 35.4 Å². The monoisotopic (exact) mass is 1950 g/mol. The van der Waals surface area contributed by atoms with Crippen LogP contribution in [0.4, 0.5) is 92.2 Å². The molecule has 12 aromatic rings. The minimum absolute atomic E-state index is 0.00539. The molecule has 0 unspecified atom stereocenters. The van der Waals surface area contributed by atoms with Gasteiger partial charge >= 0.3 is 43.2 Å². The molecule has 137 heavy (non-hydrogen) atoms. The van der Waals surface area contributed by atoms with E-state index in [2.05, 4.69) is 30.6 Å². The first-order chi connectivity index (χ1) is 63.5. The Labute approximate surface area is 770 Å². The number of hydrogen-bond acceptors (Lipinski definition) is 13. The Hall–Kier alpha value is -14.1. The zero-order valence-corrected chi connectivity index (χ0v) is 75.9. The fraction of sp³-hybridized carbons (Fsp3) is 0.341. The van der Waals surface area contributed by atoms with Crippen LogP contribution in [0.1, 0.15) is 135 Å². The Morgan fingerprint density at radius 2 is 0.584 bits per heavy atom. The van der Waals surface area contributed by atoms with Crippen LogP contribution >= 0.6 is 0 Å². The number of hydrogen-bond donors (Lipinski definition) is 1. The molecule has 0 bridgehead atoms. The molecule has 13 rings (SSSR count). The molecule has 25 nitrogen and oxygen atoms in total. The Morgan fingerprint density at radius 1 is 0.314 bits per heavy atom. The van der Waals surface area contributed by atoms with E-state index in [9.17, 15) is 121 Å². The van der Waals surface area contributed by atoms with Gasteiger partial charge in [-0.3, -0.25) is 56.9 Å².